The van der Waals surface area contributed by atoms with Crippen LogP contribution in [0, 0.1) is 0 Å². The van der Waals surface area contributed by atoms with Gasteiger partial charge in [0.1, 0.15) is 0 Å². The van der Waals surface area contributed by atoms with Crippen molar-refractivity contribution >= 4 is 0 Å². The van der Waals surface area contributed by atoms with E-state index in [-0.39, 0.29) is 5.41 Å². The highest BCUT2D eigenvalue weighted by atomic mass is 16.5. The van der Waals surface area contributed by atoms with Crippen molar-refractivity contribution in [1.82, 2.24) is 20.4 Å². The third-order valence-electron chi connectivity index (χ3n) is 4.39. The lowest BCUT2D eigenvalue weighted by atomic mass is 9.89. The molecule has 3 rings (SSSR count). The molecule has 0 radical (unpaired) electrons. The highest BCUT2D eigenvalue weighted by Gasteiger charge is 2.32. The Labute approximate surface area is 127 Å². The molecule has 2 N–H and O–H groups in total. The van der Waals surface area contributed by atoms with E-state index in [0.29, 0.717) is 6.10 Å². The second-order valence-electron chi connectivity index (χ2n) is 7.37. The number of hydrogen-bond acceptors (Lipinski definition) is 4. The van der Waals surface area contributed by atoms with Gasteiger partial charge >= 0.3 is 0 Å². The van der Waals surface area contributed by atoms with Gasteiger partial charge in [-0.2, -0.15) is 5.10 Å². The molecule has 2 aliphatic rings. The fraction of sp³-hybridized carbons (Fsp3) is 0.812. The Balaban J connectivity index is 1.46. The summed E-state index contributed by atoms with van der Waals surface area (Å²) in [4.78, 5) is 2.59. The Hall–Kier alpha value is -0.910. The second kappa shape index (κ2) is 6.07. The zero-order valence-corrected chi connectivity index (χ0v) is 13.5. The molecular formula is C16H28N4O. The first-order valence-corrected chi connectivity index (χ1v) is 8.13. The lowest BCUT2D eigenvalue weighted by molar-refractivity contribution is -0.0301. The molecule has 0 spiro atoms. The first-order valence-electron chi connectivity index (χ1n) is 8.13. The highest BCUT2D eigenvalue weighted by Crippen LogP contribution is 2.28. The van der Waals surface area contributed by atoms with Gasteiger partial charge in [0.05, 0.1) is 18.9 Å². The number of aromatic nitrogens is 2. The van der Waals surface area contributed by atoms with Gasteiger partial charge in [0.2, 0.25) is 0 Å². The Kier molecular flexibility index (Phi) is 4.33. The van der Waals surface area contributed by atoms with E-state index in [1.165, 1.54) is 24.1 Å². The fourth-order valence-corrected chi connectivity index (χ4v) is 3.10. The summed E-state index contributed by atoms with van der Waals surface area (Å²) in [5.74, 6) is 0. The van der Waals surface area contributed by atoms with E-state index in [1.54, 1.807) is 0 Å². The Morgan fingerprint density at radius 1 is 1.43 bits per heavy atom. The van der Waals surface area contributed by atoms with Gasteiger partial charge in [-0.15, -0.1) is 0 Å². The fourth-order valence-electron chi connectivity index (χ4n) is 3.10. The molecule has 1 atom stereocenters. The van der Waals surface area contributed by atoms with Gasteiger partial charge in [-0.05, 0) is 12.8 Å². The minimum Gasteiger partial charge on any atom is -0.374 e. The number of nitrogens with one attached hydrogen (secondary N) is 2. The van der Waals surface area contributed by atoms with Gasteiger partial charge in [0, 0.05) is 48.9 Å². The normalized spacial score (nSPS) is 24.4. The van der Waals surface area contributed by atoms with Gasteiger partial charge in [-0.1, -0.05) is 20.8 Å². The van der Waals surface area contributed by atoms with E-state index in [9.17, 15) is 0 Å². The molecule has 5 heteroatoms. The van der Waals surface area contributed by atoms with Crippen LogP contribution in [0.5, 0.6) is 0 Å². The SMILES string of the molecule is CC(C)(C)c1[nH]ncc1CNC[C@H]1CN(C2CC2)CCO1. The third kappa shape index (κ3) is 3.84. The van der Waals surface area contributed by atoms with Gasteiger partial charge in [0.25, 0.3) is 0 Å². The molecule has 1 aliphatic carbocycles. The molecule has 1 aromatic heterocycles. The Bertz CT molecular complexity index is 461. The van der Waals surface area contributed by atoms with Crippen molar-refractivity contribution in [3.8, 4) is 0 Å². The van der Waals surface area contributed by atoms with Crippen molar-refractivity contribution in [2.24, 2.45) is 0 Å². The third-order valence-corrected chi connectivity index (χ3v) is 4.39. The Morgan fingerprint density at radius 3 is 2.95 bits per heavy atom. The van der Waals surface area contributed by atoms with Gasteiger partial charge in [-0.3, -0.25) is 10.00 Å². The monoisotopic (exact) mass is 292 g/mol. The van der Waals surface area contributed by atoms with Crippen LogP contribution in [-0.4, -0.2) is 53.5 Å². The summed E-state index contributed by atoms with van der Waals surface area (Å²) >= 11 is 0. The van der Waals surface area contributed by atoms with Crippen molar-refractivity contribution in [1.29, 1.82) is 0 Å². The number of aromatic amines is 1. The first-order chi connectivity index (χ1) is 10.0. The van der Waals surface area contributed by atoms with Crippen molar-refractivity contribution < 1.29 is 4.74 Å². The average Bonchev–Trinajstić information content (AvgIpc) is 3.17. The van der Waals surface area contributed by atoms with Crippen molar-refractivity contribution in [2.45, 2.75) is 57.7 Å². The molecule has 1 aliphatic heterocycles. The summed E-state index contributed by atoms with van der Waals surface area (Å²) in [7, 11) is 0. The molecule has 5 nitrogen and oxygen atoms in total. The molecule has 2 heterocycles. The van der Waals surface area contributed by atoms with Crippen molar-refractivity contribution in [3.63, 3.8) is 0 Å². The number of rotatable bonds is 5. The van der Waals surface area contributed by atoms with E-state index in [4.69, 9.17) is 4.74 Å². The average molecular weight is 292 g/mol. The zero-order chi connectivity index (χ0) is 14.9. The van der Waals surface area contributed by atoms with Crippen LogP contribution in [0.4, 0.5) is 0 Å². The standard InChI is InChI=1S/C16H28N4O/c1-16(2,3)15-12(9-18-19-15)8-17-10-14-11-20(6-7-21-14)13-4-5-13/h9,13-14,17H,4-8,10-11H2,1-3H3,(H,18,19)/t14-/m0/s1. The van der Waals surface area contributed by atoms with Crippen LogP contribution >= 0.6 is 0 Å². The molecule has 1 aromatic rings. The number of morpholine rings is 1. The number of ether oxygens (including phenoxy) is 1. The zero-order valence-electron chi connectivity index (χ0n) is 13.5. The largest absolute Gasteiger partial charge is 0.374 e. The lowest BCUT2D eigenvalue weighted by Crippen LogP contribution is -2.47. The maximum absolute atomic E-state index is 5.88. The van der Waals surface area contributed by atoms with E-state index in [1.807, 2.05) is 6.20 Å². The number of H-pyrrole nitrogens is 1. The van der Waals surface area contributed by atoms with Crippen LogP contribution < -0.4 is 5.32 Å². The molecule has 0 aromatic carbocycles. The molecule has 1 saturated carbocycles. The molecule has 0 amide bonds. The summed E-state index contributed by atoms with van der Waals surface area (Å²) in [6.07, 6.45) is 5.02. The summed E-state index contributed by atoms with van der Waals surface area (Å²) in [5, 5.41) is 10.9. The summed E-state index contributed by atoms with van der Waals surface area (Å²) in [6, 6.07) is 0.845. The first kappa shape index (κ1) is 15.0. The highest BCUT2D eigenvalue weighted by molar-refractivity contribution is 5.23. The molecule has 21 heavy (non-hydrogen) atoms. The Morgan fingerprint density at radius 2 is 2.24 bits per heavy atom. The van der Waals surface area contributed by atoms with Crippen molar-refractivity contribution in [2.75, 3.05) is 26.2 Å². The quantitative estimate of drug-likeness (QED) is 0.866. The predicted octanol–water partition coefficient (Wildman–Crippen LogP) is 1.66. The maximum atomic E-state index is 5.88. The van der Waals surface area contributed by atoms with E-state index >= 15 is 0 Å². The summed E-state index contributed by atoms with van der Waals surface area (Å²) in [5.41, 5.74) is 2.59. The van der Waals surface area contributed by atoms with Gasteiger partial charge < -0.3 is 10.1 Å². The van der Waals surface area contributed by atoms with Crippen LogP contribution in [0.3, 0.4) is 0 Å². The van der Waals surface area contributed by atoms with Crippen LogP contribution in [0.15, 0.2) is 6.20 Å². The topological polar surface area (TPSA) is 53.2 Å². The minimum atomic E-state index is 0.109. The van der Waals surface area contributed by atoms with Crippen LogP contribution in [0.25, 0.3) is 0 Å². The molecular weight excluding hydrogens is 264 g/mol. The van der Waals surface area contributed by atoms with E-state index < -0.39 is 0 Å². The minimum absolute atomic E-state index is 0.109. The van der Waals surface area contributed by atoms with Crippen molar-refractivity contribution in [3.05, 3.63) is 17.5 Å². The summed E-state index contributed by atoms with van der Waals surface area (Å²) in [6.45, 7) is 11.5. The summed E-state index contributed by atoms with van der Waals surface area (Å²) < 4.78 is 5.88. The van der Waals surface area contributed by atoms with Gasteiger partial charge in [0.15, 0.2) is 0 Å². The maximum Gasteiger partial charge on any atom is 0.0826 e. The van der Waals surface area contributed by atoms with Crippen LogP contribution in [0.1, 0.15) is 44.9 Å². The number of nitrogens with zero attached hydrogens (tertiary/aromatic N) is 2. The van der Waals surface area contributed by atoms with E-state index in [0.717, 1.165) is 38.8 Å². The molecule has 0 bridgehead atoms. The molecule has 0 unspecified atom stereocenters. The van der Waals surface area contributed by atoms with Gasteiger partial charge in [-0.25, -0.2) is 0 Å². The molecule has 2 fully saturated rings. The predicted molar refractivity (Wildman–Crippen MR) is 83.3 cm³/mol. The molecule has 1 saturated heterocycles. The van der Waals surface area contributed by atoms with E-state index in [2.05, 4.69) is 41.2 Å². The van der Waals surface area contributed by atoms with Crippen LogP contribution in [0.2, 0.25) is 0 Å². The van der Waals surface area contributed by atoms with Crippen LogP contribution in [-0.2, 0) is 16.7 Å². The lowest BCUT2D eigenvalue weighted by Gasteiger charge is -2.33. The smallest absolute Gasteiger partial charge is 0.0826 e. The second-order valence-corrected chi connectivity index (χ2v) is 7.37. The number of hydrogen-bond donors (Lipinski definition) is 2. The molecule has 118 valence electrons.